The molecule has 44 heavy (non-hydrogen) atoms. The fourth-order valence-corrected chi connectivity index (χ4v) is 7.95. The van der Waals surface area contributed by atoms with Crippen LogP contribution in [0.5, 0.6) is 0 Å². The van der Waals surface area contributed by atoms with Gasteiger partial charge >= 0.3 is 12.1 Å². The van der Waals surface area contributed by atoms with Crippen molar-refractivity contribution in [1.29, 1.82) is 0 Å². The molecule has 0 radical (unpaired) electrons. The average Bonchev–Trinajstić information content (AvgIpc) is 3.74. The molecule has 12 heteroatoms. The standard InChI is InChI=1S/C32H39ClN6O4S/c1-2-22-17-21(18-26(33)28(22)34)19-27(30(40)37-12-5-24(6-13-37)36-10-3-4-11-36)43-32(42)38-14-7-25(8-15-38)39-20-23-9-16-44-29(23)35-31(39)41/h1,9,16-18,24-25,27H,3-8,10-15,19-20,34H2,(H,35,41)/t27-/m1/s1. The molecule has 4 aliphatic rings. The third-order valence-electron chi connectivity index (χ3n) is 9.45. The van der Waals surface area contributed by atoms with Gasteiger partial charge in [-0.1, -0.05) is 17.5 Å². The van der Waals surface area contributed by atoms with E-state index in [0.29, 0.717) is 73.4 Å². The van der Waals surface area contributed by atoms with Crippen molar-refractivity contribution < 1.29 is 19.1 Å². The predicted octanol–water partition coefficient (Wildman–Crippen LogP) is 4.61. The van der Waals surface area contributed by atoms with Crippen LogP contribution in [-0.2, 0) is 22.5 Å². The third kappa shape index (κ3) is 6.48. The summed E-state index contributed by atoms with van der Waals surface area (Å²) in [6, 6.07) is 5.84. The number of carbonyl (C=O) groups is 3. The Labute approximate surface area is 267 Å². The van der Waals surface area contributed by atoms with E-state index >= 15 is 0 Å². The molecule has 6 rings (SSSR count). The molecule has 1 aromatic heterocycles. The second kappa shape index (κ2) is 13.3. The Morgan fingerprint density at radius 2 is 1.75 bits per heavy atom. The number of carbonyl (C=O) groups excluding carboxylic acids is 3. The number of amides is 4. The maximum Gasteiger partial charge on any atom is 0.410 e. The minimum absolute atomic E-state index is 0.0144. The number of hydrogen-bond donors (Lipinski definition) is 2. The molecule has 2 aromatic rings. The highest BCUT2D eigenvalue weighted by molar-refractivity contribution is 7.14. The zero-order chi connectivity index (χ0) is 30.8. The average molecular weight is 639 g/mol. The predicted molar refractivity (Wildman–Crippen MR) is 172 cm³/mol. The molecule has 5 heterocycles. The van der Waals surface area contributed by atoms with Gasteiger partial charge in [-0.05, 0) is 80.8 Å². The molecule has 10 nitrogen and oxygen atoms in total. The maximum atomic E-state index is 13.9. The molecule has 4 aliphatic heterocycles. The lowest BCUT2D eigenvalue weighted by molar-refractivity contribution is -0.142. The van der Waals surface area contributed by atoms with Crippen molar-refractivity contribution in [3.8, 4) is 12.3 Å². The van der Waals surface area contributed by atoms with Gasteiger partial charge in [-0.15, -0.1) is 17.8 Å². The van der Waals surface area contributed by atoms with Crippen LogP contribution in [-0.4, -0.2) is 95.1 Å². The first kappa shape index (κ1) is 30.6. The smallest absolute Gasteiger partial charge is 0.410 e. The van der Waals surface area contributed by atoms with Gasteiger partial charge < -0.3 is 30.1 Å². The fraction of sp³-hybridized carbons (Fsp3) is 0.531. The molecule has 0 spiro atoms. The minimum atomic E-state index is -1.03. The summed E-state index contributed by atoms with van der Waals surface area (Å²) in [5, 5.41) is 6.16. The second-order valence-corrected chi connectivity index (χ2v) is 13.4. The number of likely N-dealkylation sites (tertiary alicyclic amines) is 3. The molecule has 4 amide bonds. The number of hydrogen-bond acceptors (Lipinski definition) is 7. The van der Waals surface area contributed by atoms with Crippen LogP contribution in [0.1, 0.15) is 55.2 Å². The van der Waals surface area contributed by atoms with Gasteiger partial charge in [-0.25, -0.2) is 9.59 Å². The van der Waals surface area contributed by atoms with Gasteiger partial charge in [0.2, 0.25) is 0 Å². The highest BCUT2D eigenvalue weighted by atomic mass is 35.5. The van der Waals surface area contributed by atoms with E-state index in [4.69, 9.17) is 28.5 Å². The van der Waals surface area contributed by atoms with Crippen LogP contribution < -0.4 is 11.1 Å². The number of fused-ring (bicyclic) bond motifs is 1. The van der Waals surface area contributed by atoms with E-state index in [2.05, 4.69) is 16.1 Å². The summed E-state index contributed by atoms with van der Waals surface area (Å²) >= 11 is 7.88. The van der Waals surface area contributed by atoms with Crippen LogP contribution in [0.4, 0.5) is 20.3 Å². The Balaban J connectivity index is 1.11. The summed E-state index contributed by atoms with van der Waals surface area (Å²) in [4.78, 5) is 48.0. The first-order valence-electron chi connectivity index (χ1n) is 15.5. The van der Waals surface area contributed by atoms with Gasteiger partial charge in [0.1, 0.15) is 5.00 Å². The van der Waals surface area contributed by atoms with Gasteiger partial charge in [0.25, 0.3) is 5.91 Å². The Kier molecular flexibility index (Phi) is 9.21. The second-order valence-electron chi connectivity index (χ2n) is 12.1. The topological polar surface area (TPSA) is 111 Å². The van der Waals surface area contributed by atoms with E-state index in [-0.39, 0.29) is 24.4 Å². The van der Waals surface area contributed by atoms with Crippen LogP contribution in [0.2, 0.25) is 5.02 Å². The lowest BCUT2D eigenvalue weighted by Gasteiger charge is -2.40. The highest BCUT2D eigenvalue weighted by Crippen LogP contribution is 2.32. The van der Waals surface area contributed by atoms with Crippen molar-refractivity contribution in [3.63, 3.8) is 0 Å². The molecular weight excluding hydrogens is 600 g/mol. The number of nitrogens with two attached hydrogens (primary N) is 1. The molecule has 1 atom stereocenters. The lowest BCUT2D eigenvalue weighted by Crippen LogP contribution is -2.52. The van der Waals surface area contributed by atoms with E-state index in [9.17, 15) is 14.4 Å². The van der Waals surface area contributed by atoms with Crippen LogP contribution >= 0.6 is 22.9 Å². The van der Waals surface area contributed by atoms with E-state index < -0.39 is 12.2 Å². The summed E-state index contributed by atoms with van der Waals surface area (Å²) in [6.07, 6.45) is 9.76. The summed E-state index contributed by atoms with van der Waals surface area (Å²) in [7, 11) is 0. The largest absolute Gasteiger partial charge is 0.436 e. The number of urea groups is 1. The lowest BCUT2D eigenvalue weighted by atomic mass is 10.00. The van der Waals surface area contributed by atoms with E-state index in [0.717, 1.165) is 36.5 Å². The summed E-state index contributed by atoms with van der Waals surface area (Å²) in [6.45, 7) is 4.93. The van der Waals surface area contributed by atoms with Crippen LogP contribution in [0.3, 0.4) is 0 Å². The number of nitrogen functional groups attached to an aromatic ring is 1. The van der Waals surface area contributed by atoms with Crippen molar-refractivity contribution in [3.05, 3.63) is 45.3 Å². The fourth-order valence-electron chi connectivity index (χ4n) is 6.91. The quantitative estimate of drug-likeness (QED) is 0.353. The van der Waals surface area contributed by atoms with Crippen LogP contribution in [0.25, 0.3) is 0 Å². The van der Waals surface area contributed by atoms with Crippen molar-refractivity contribution in [2.24, 2.45) is 0 Å². The molecule has 0 bridgehead atoms. The van der Waals surface area contributed by atoms with Crippen molar-refractivity contribution in [2.75, 3.05) is 50.3 Å². The van der Waals surface area contributed by atoms with Crippen LogP contribution in [0.15, 0.2) is 23.6 Å². The third-order valence-corrected chi connectivity index (χ3v) is 10.6. The SMILES string of the molecule is C#Cc1cc(C[C@@H](OC(=O)N2CCC(N3Cc4ccsc4NC3=O)CC2)C(=O)N2CCC(N3CCCC3)CC2)cc(Cl)c1N. The summed E-state index contributed by atoms with van der Waals surface area (Å²) < 4.78 is 5.98. The molecule has 3 saturated heterocycles. The Morgan fingerprint density at radius 3 is 2.45 bits per heavy atom. The summed E-state index contributed by atoms with van der Waals surface area (Å²) in [5.74, 6) is 2.34. The number of anilines is 2. The molecule has 3 fully saturated rings. The van der Waals surface area contributed by atoms with Gasteiger partial charge in [-0.2, -0.15) is 0 Å². The van der Waals surface area contributed by atoms with Crippen molar-refractivity contribution in [1.82, 2.24) is 19.6 Å². The highest BCUT2D eigenvalue weighted by Gasteiger charge is 2.37. The number of benzene rings is 1. The molecule has 0 unspecified atom stereocenters. The zero-order valence-electron chi connectivity index (χ0n) is 24.8. The molecule has 3 N–H and O–H groups in total. The van der Waals surface area contributed by atoms with Crippen LogP contribution in [0, 0.1) is 12.3 Å². The van der Waals surface area contributed by atoms with E-state index in [1.807, 2.05) is 21.2 Å². The molecule has 0 saturated carbocycles. The molecule has 1 aromatic carbocycles. The number of piperidine rings is 2. The van der Waals surface area contributed by atoms with E-state index in [1.54, 1.807) is 17.0 Å². The van der Waals surface area contributed by atoms with Crippen molar-refractivity contribution in [2.45, 2.75) is 69.7 Å². The molecular formula is C32H39ClN6O4S. The molecule has 234 valence electrons. The number of nitrogens with zero attached hydrogens (tertiary/aromatic N) is 4. The number of rotatable bonds is 6. The first-order chi connectivity index (χ1) is 21.3. The number of terminal acetylenes is 1. The Hall–Kier alpha value is -3.46. The minimum Gasteiger partial charge on any atom is -0.436 e. The zero-order valence-corrected chi connectivity index (χ0v) is 26.4. The van der Waals surface area contributed by atoms with Gasteiger partial charge in [-0.3, -0.25) is 10.1 Å². The van der Waals surface area contributed by atoms with E-state index in [1.165, 1.54) is 24.2 Å². The normalized spacial score (nSPS) is 20.6. The Bertz CT molecular complexity index is 1440. The van der Waals surface area contributed by atoms with Gasteiger partial charge in [0.15, 0.2) is 6.10 Å². The number of halogens is 1. The number of ether oxygens (including phenoxy) is 1. The van der Waals surface area contributed by atoms with Gasteiger partial charge in [0.05, 0.1) is 17.3 Å². The Morgan fingerprint density at radius 1 is 1.07 bits per heavy atom. The number of thiophene rings is 1. The number of nitrogens with one attached hydrogen (secondary N) is 1. The monoisotopic (exact) mass is 638 g/mol. The van der Waals surface area contributed by atoms with Crippen molar-refractivity contribution >= 4 is 51.7 Å². The molecule has 0 aliphatic carbocycles. The maximum absolute atomic E-state index is 13.9. The van der Waals surface area contributed by atoms with Gasteiger partial charge in [0, 0.05) is 55.8 Å². The first-order valence-corrected chi connectivity index (χ1v) is 16.7. The summed E-state index contributed by atoms with van der Waals surface area (Å²) in [5.41, 5.74) is 8.57.